The number of primary amides is 1. The number of nitro groups is 1. The molecule has 41 heavy (non-hydrogen) atoms. The standard InChI is InChI=1S/C21H15F8N7O4S/c22-13-4-9(19(23,24)20(25,26)21(27,28)29)7-31-14(13)11-5-10(36(39)40)6-12(16(30)37)15(11)41-17-32-33-34-35(17)8-18(38)2-1-3-18/h4-7,38H,1-3,8H2,(H2,30,37). The number of nitrogens with two attached hydrogens (primary N) is 1. The van der Waals surface area contributed by atoms with E-state index >= 15 is 4.39 Å². The Balaban J connectivity index is 1.86. The highest BCUT2D eigenvalue weighted by molar-refractivity contribution is 7.99. The first-order valence-corrected chi connectivity index (χ1v) is 12.0. The van der Waals surface area contributed by atoms with Gasteiger partial charge in [0.05, 0.1) is 22.6 Å². The molecule has 20 heteroatoms. The van der Waals surface area contributed by atoms with E-state index in [0.29, 0.717) is 43.2 Å². The fraction of sp³-hybridized carbons (Fsp3) is 0.381. The molecule has 0 aliphatic heterocycles. The van der Waals surface area contributed by atoms with Crippen LogP contribution in [0, 0.1) is 15.9 Å². The zero-order valence-electron chi connectivity index (χ0n) is 20.0. The van der Waals surface area contributed by atoms with Gasteiger partial charge >= 0.3 is 18.0 Å². The van der Waals surface area contributed by atoms with Crippen molar-refractivity contribution in [1.29, 1.82) is 0 Å². The Hall–Kier alpha value is -3.94. The van der Waals surface area contributed by atoms with Crippen molar-refractivity contribution in [2.45, 2.75) is 59.5 Å². The highest BCUT2D eigenvalue weighted by atomic mass is 32.2. The van der Waals surface area contributed by atoms with Gasteiger partial charge in [-0.05, 0) is 47.5 Å². The Morgan fingerprint density at radius 2 is 1.83 bits per heavy atom. The number of hydrogen-bond donors (Lipinski definition) is 2. The molecule has 0 atom stereocenters. The van der Waals surface area contributed by atoms with Crippen LogP contribution in [-0.4, -0.2) is 58.8 Å². The second kappa shape index (κ2) is 10.2. The topological polar surface area (TPSA) is 163 Å². The monoisotopic (exact) mass is 613 g/mol. The highest BCUT2D eigenvalue weighted by Gasteiger charge is 2.73. The molecule has 1 aliphatic rings. The maximum absolute atomic E-state index is 15.1. The van der Waals surface area contributed by atoms with Crippen molar-refractivity contribution in [1.82, 2.24) is 25.2 Å². The van der Waals surface area contributed by atoms with Gasteiger partial charge in [-0.25, -0.2) is 9.07 Å². The number of nitrogens with zero attached hydrogens (tertiary/aromatic N) is 6. The second-order valence-corrected chi connectivity index (χ2v) is 9.97. The van der Waals surface area contributed by atoms with E-state index in [0.717, 1.165) is 4.68 Å². The summed E-state index contributed by atoms with van der Waals surface area (Å²) in [6.45, 7) is -0.125. The molecule has 1 fully saturated rings. The van der Waals surface area contributed by atoms with Gasteiger partial charge in [0.2, 0.25) is 11.1 Å². The first-order valence-electron chi connectivity index (χ1n) is 11.2. The number of halogens is 8. The van der Waals surface area contributed by atoms with Gasteiger partial charge in [-0.1, -0.05) is 0 Å². The van der Waals surface area contributed by atoms with E-state index in [2.05, 4.69) is 20.5 Å². The number of benzene rings is 1. The number of amides is 1. The Kier molecular flexibility index (Phi) is 7.44. The quantitative estimate of drug-likeness (QED) is 0.204. The predicted molar refractivity (Wildman–Crippen MR) is 120 cm³/mol. The van der Waals surface area contributed by atoms with Crippen LogP contribution < -0.4 is 5.73 Å². The fourth-order valence-corrected chi connectivity index (χ4v) is 4.84. The Morgan fingerprint density at radius 1 is 1.17 bits per heavy atom. The van der Waals surface area contributed by atoms with Crippen LogP contribution in [-0.2, 0) is 12.5 Å². The number of aliphatic hydroxyl groups is 1. The minimum absolute atomic E-state index is 0.125. The van der Waals surface area contributed by atoms with Gasteiger partial charge in [0.25, 0.3) is 5.69 Å². The summed E-state index contributed by atoms with van der Waals surface area (Å²) in [5.74, 6) is -15.7. The molecule has 11 nitrogen and oxygen atoms in total. The van der Waals surface area contributed by atoms with Crippen LogP contribution in [0.3, 0.4) is 0 Å². The van der Waals surface area contributed by atoms with Crippen LogP contribution in [0.2, 0.25) is 0 Å². The third-order valence-corrected chi connectivity index (χ3v) is 7.30. The number of carbonyl (C=O) groups excluding carboxylic acids is 1. The molecule has 0 spiro atoms. The molecule has 2 heterocycles. The average Bonchev–Trinajstić information content (AvgIpc) is 3.28. The van der Waals surface area contributed by atoms with Crippen LogP contribution in [0.25, 0.3) is 11.3 Å². The van der Waals surface area contributed by atoms with E-state index in [4.69, 9.17) is 5.73 Å². The minimum atomic E-state index is -6.71. The van der Waals surface area contributed by atoms with E-state index in [-0.39, 0.29) is 24.0 Å². The molecule has 3 aromatic rings. The van der Waals surface area contributed by atoms with Crippen molar-refractivity contribution in [2.24, 2.45) is 5.73 Å². The first-order chi connectivity index (χ1) is 18.9. The van der Waals surface area contributed by atoms with Crippen molar-refractivity contribution < 1.29 is 49.9 Å². The van der Waals surface area contributed by atoms with E-state index in [1.165, 1.54) is 0 Å². The van der Waals surface area contributed by atoms with Gasteiger partial charge < -0.3 is 10.8 Å². The lowest BCUT2D eigenvalue weighted by Crippen LogP contribution is -2.50. The van der Waals surface area contributed by atoms with E-state index in [1.807, 2.05) is 0 Å². The zero-order chi connectivity index (χ0) is 30.5. The summed E-state index contributed by atoms with van der Waals surface area (Å²) in [5.41, 5.74) is -1.11. The van der Waals surface area contributed by atoms with E-state index in [9.17, 15) is 50.7 Å². The molecule has 4 rings (SSSR count). The predicted octanol–water partition coefficient (Wildman–Crippen LogP) is 4.24. The zero-order valence-corrected chi connectivity index (χ0v) is 20.8. The average molecular weight is 613 g/mol. The SMILES string of the molecule is NC(=O)c1cc([N+](=O)[O-])cc(-c2ncc(C(F)(F)C(F)(F)C(F)(F)F)cc2F)c1Sc1nnnn1CC1(O)CCC1. The molecule has 3 N–H and O–H groups in total. The molecule has 1 saturated carbocycles. The van der Waals surface area contributed by atoms with Gasteiger partial charge in [-0.3, -0.25) is 19.9 Å². The second-order valence-electron chi connectivity index (χ2n) is 8.99. The molecule has 1 aliphatic carbocycles. The number of rotatable bonds is 9. The lowest BCUT2D eigenvalue weighted by molar-refractivity contribution is -0.384. The largest absolute Gasteiger partial charge is 0.460 e. The number of pyridine rings is 1. The number of aromatic nitrogens is 5. The molecular formula is C21H15F8N7O4S. The van der Waals surface area contributed by atoms with Crippen molar-refractivity contribution >= 4 is 23.4 Å². The Morgan fingerprint density at radius 3 is 2.34 bits per heavy atom. The molecule has 0 saturated heterocycles. The number of nitro benzene ring substituents is 1. The van der Waals surface area contributed by atoms with Crippen LogP contribution >= 0.6 is 11.8 Å². The summed E-state index contributed by atoms with van der Waals surface area (Å²) in [6, 6.07) is 1.01. The lowest BCUT2D eigenvalue weighted by atomic mass is 9.80. The smallest absolute Gasteiger partial charge is 0.388 e. The van der Waals surface area contributed by atoms with E-state index in [1.54, 1.807) is 0 Å². The normalized spacial score (nSPS) is 15.4. The van der Waals surface area contributed by atoms with Crippen LogP contribution in [0.5, 0.6) is 0 Å². The van der Waals surface area contributed by atoms with Crippen molar-refractivity contribution in [3.63, 3.8) is 0 Å². The molecule has 0 unspecified atom stereocenters. The molecule has 0 bridgehead atoms. The molecule has 220 valence electrons. The first kappa shape index (κ1) is 30.0. The molecule has 2 aromatic heterocycles. The number of carbonyl (C=O) groups is 1. The lowest BCUT2D eigenvalue weighted by Gasteiger charge is -2.36. The maximum atomic E-state index is 15.1. The van der Waals surface area contributed by atoms with Crippen molar-refractivity contribution in [3.05, 3.63) is 51.5 Å². The van der Waals surface area contributed by atoms with Gasteiger partial charge in [0, 0.05) is 34.4 Å². The molecule has 0 radical (unpaired) electrons. The molecule has 1 amide bonds. The fourth-order valence-electron chi connectivity index (χ4n) is 3.84. The minimum Gasteiger partial charge on any atom is -0.388 e. The summed E-state index contributed by atoms with van der Waals surface area (Å²) in [6.07, 6.45) is -5.33. The molecule has 1 aromatic carbocycles. The molecular weight excluding hydrogens is 598 g/mol. The van der Waals surface area contributed by atoms with Crippen LogP contribution in [0.15, 0.2) is 34.4 Å². The van der Waals surface area contributed by atoms with E-state index < -0.39 is 73.2 Å². The summed E-state index contributed by atoms with van der Waals surface area (Å²) in [5, 5.41) is 32.7. The van der Waals surface area contributed by atoms with Crippen molar-refractivity contribution in [3.8, 4) is 11.3 Å². The Labute approximate surface area is 226 Å². The van der Waals surface area contributed by atoms with Gasteiger partial charge in [-0.2, -0.15) is 30.7 Å². The third-order valence-electron chi connectivity index (χ3n) is 6.18. The van der Waals surface area contributed by atoms with Gasteiger partial charge in [-0.15, -0.1) is 5.10 Å². The maximum Gasteiger partial charge on any atom is 0.460 e. The number of non-ortho nitro benzene ring substituents is 1. The summed E-state index contributed by atoms with van der Waals surface area (Å²) >= 11 is 0.488. The third kappa shape index (κ3) is 5.39. The number of tetrazole rings is 1. The van der Waals surface area contributed by atoms with Gasteiger partial charge in [0.15, 0.2) is 0 Å². The number of alkyl halides is 7. The van der Waals surface area contributed by atoms with Gasteiger partial charge in [0.1, 0.15) is 11.5 Å². The summed E-state index contributed by atoms with van der Waals surface area (Å²) in [7, 11) is 0. The van der Waals surface area contributed by atoms with Crippen LogP contribution in [0.4, 0.5) is 40.8 Å². The van der Waals surface area contributed by atoms with Crippen LogP contribution in [0.1, 0.15) is 35.2 Å². The highest BCUT2D eigenvalue weighted by Crippen LogP contribution is 2.52. The number of hydrogen-bond acceptors (Lipinski definition) is 9. The van der Waals surface area contributed by atoms with Crippen molar-refractivity contribution in [2.75, 3.05) is 0 Å². The Bertz CT molecular complexity index is 1530. The summed E-state index contributed by atoms with van der Waals surface area (Å²) < 4.78 is 109. The summed E-state index contributed by atoms with van der Waals surface area (Å²) in [4.78, 5) is 25.6.